The van der Waals surface area contributed by atoms with Crippen LogP contribution in [0.4, 0.5) is 0 Å². The van der Waals surface area contributed by atoms with Crippen molar-refractivity contribution in [3.63, 3.8) is 0 Å². The summed E-state index contributed by atoms with van der Waals surface area (Å²) in [6.45, 7) is 1.50. The van der Waals surface area contributed by atoms with Crippen molar-refractivity contribution in [2.45, 2.75) is 19.0 Å². The molecule has 1 heterocycles. The first-order chi connectivity index (χ1) is 10.3. The molecule has 0 amide bonds. The molecular formula is C17H18ClNO2. The number of hydrogen-bond donors (Lipinski definition) is 1. The highest BCUT2D eigenvalue weighted by atomic mass is 35.5. The maximum atomic E-state index is 6.19. The van der Waals surface area contributed by atoms with Crippen LogP contribution in [0.15, 0.2) is 42.5 Å². The molecule has 0 saturated heterocycles. The third kappa shape index (κ3) is 3.14. The highest BCUT2D eigenvalue weighted by Crippen LogP contribution is 2.37. The van der Waals surface area contributed by atoms with Crippen LogP contribution in [0.25, 0.3) is 0 Å². The van der Waals surface area contributed by atoms with Gasteiger partial charge in [0.2, 0.25) is 0 Å². The molecule has 2 aromatic carbocycles. The number of methoxy groups -OCH3 is 1. The predicted molar refractivity (Wildman–Crippen MR) is 84.1 cm³/mol. The van der Waals surface area contributed by atoms with Crippen molar-refractivity contribution in [3.8, 4) is 11.5 Å². The minimum Gasteiger partial charge on any atom is -0.497 e. The molecule has 1 unspecified atom stereocenters. The van der Waals surface area contributed by atoms with Gasteiger partial charge in [0.05, 0.1) is 18.7 Å². The topological polar surface area (TPSA) is 30.5 Å². The van der Waals surface area contributed by atoms with E-state index in [-0.39, 0.29) is 6.04 Å². The number of ether oxygens (including phenoxy) is 2. The van der Waals surface area contributed by atoms with Crippen molar-refractivity contribution in [2.24, 2.45) is 0 Å². The molecular weight excluding hydrogens is 286 g/mol. The van der Waals surface area contributed by atoms with Crippen LogP contribution in [-0.4, -0.2) is 13.7 Å². The number of fused-ring (bicyclic) bond motifs is 1. The van der Waals surface area contributed by atoms with Gasteiger partial charge < -0.3 is 14.8 Å². The Bertz CT molecular complexity index is 613. The van der Waals surface area contributed by atoms with Crippen LogP contribution in [0, 0.1) is 0 Å². The summed E-state index contributed by atoms with van der Waals surface area (Å²) in [5, 5.41) is 4.26. The van der Waals surface area contributed by atoms with Crippen molar-refractivity contribution in [3.05, 3.63) is 58.6 Å². The third-order valence-corrected chi connectivity index (χ3v) is 4.04. The fraction of sp³-hybridized carbons (Fsp3) is 0.294. The van der Waals surface area contributed by atoms with E-state index in [1.54, 1.807) is 7.11 Å². The molecule has 1 atom stereocenters. The van der Waals surface area contributed by atoms with Crippen molar-refractivity contribution in [2.75, 3.05) is 13.7 Å². The van der Waals surface area contributed by atoms with Crippen LogP contribution < -0.4 is 14.8 Å². The second-order valence-electron chi connectivity index (χ2n) is 5.08. The molecule has 3 nitrogen and oxygen atoms in total. The molecule has 0 radical (unpaired) electrons. The fourth-order valence-electron chi connectivity index (χ4n) is 2.58. The maximum Gasteiger partial charge on any atom is 0.142 e. The van der Waals surface area contributed by atoms with Crippen molar-refractivity contribution in [1.29, 1.82) is 0 Å². The quantitative estimate of drug-likeness (QED) is 0.927. The minimum atomic E-state index is 0.273. The number of halogens is 1. The summed E-state index contributed by atoms with van der Waals surface area (Å²) in [5.41, 5.74) is 2.37. The van der Waals surface area contributed by atoms with E-state index in [4.69, 9.17) is 21.1 Å². The van der Waals surface area contributed by atoms with E-state index in [9.17, 15) is 0 Å². The summed E-state index contributed by atoms with van der Waals surface area (Å²) in [6, 6.07) is 14.3. The van der Waals surface area contributed by atoms with Crippen molar-refractivity contribution < 1.29 is 9.47 Å². The lowest BCUT2D eigenvalue weighted by molar-refractivity contribution is 0.252. The average Bonchev–Trinajstić information content (AvgIpc) is 2.54. The minimum absolute atomic E-state index is 0.273. The van der Waals surface area contributed by atoms with Gasteiger partial charge in [0.15, 0.2) is 0 Å². The lowest BCUT2D eigenvalue weighted by Crippen LogP contribution is -2.26. The molecule has 21 heavy (non-hydrogen) atoms. The second kappa shape index (κ2) is 6.37. The normalized spacial score (nSPS) is 17.0. The Morgan fingerprint density at radius 1 is 1.24 bits per heavy atom. The van der Waals surface area contributed by atoms with E-state index in [2.05, 4.69) is 23.5 Å². The highest BCUT2D eigenvalue weighted by molar-refractivity contribution is 6.32. The molecule has 1 aliphatic heterocycles. The molecule has 0 spiro atoms. The Morgan fingerprint density at radius 3 is 2.81 bits per heavy atom. The summed E-state index contributed by atoms with van der Waals surface area (Å²) in [7, 11) is 1.68. The SMILES string of the molecule is COc1ccc(CNC2CCOc3c(Cl)cccc32)cc1. The van der Waals surface area contributed by atoms with Gasteiger partial charge in [-0.05, 0) is 23.8 Å². The zero-order valence-electron chi connectivity index (χ0n) is 11.9. The van der Waals surface area contributed by atoms with Gasteiger partial charge in [-0.25, -0.2) is 0 Å². The summed E-state index contributed by atoms with van der Waals surface area (Å²) >= 11 is 6.19. The molecule has 2 aromatic rings. The Kier molecular flexibility index (Phi) is 4.32. The monoisotopic (exact) mass is 303 g/mol. The first-order valence-corrected chi connectivity index (χ1v) is 7.43. The summed E-state index contributed by atoms with van der Waals surface area (Å²) in [4.78, 5) is 0. The highest BCUT2D eigenvalue weighted by Gasteiger charge is 2.22. The molecule has 0 saturated carbocycles. The van der Waals surface area contributed by atoms with Crippen LogP contribution in [0.2, 0.25) is 5.02 Å². The molecule has 3 rings (SSSR count). The van der Waals surface area contributed by atoms with Crippen LogP contribution in [-0.2, 0) is 6.54 Å². The number of benzene rings is 2. The lowest BCUT2D eigenvalue weighted by atomic mass is 10.00. The van der Waals surface area contributed by atoms with Gasteiger partial charge >= 0.3 is 0 Å². The summed E-state index contributed by atoms with van der Waals surface area (Å²) in [6.07, 6.45) is 0.948. The van der Waals surface area contributed by atoms with Gasteiger partial charge in [-0.3, -0.25) is 0 Å². The molecule has 0 bridgehead atoms. The molecule has 1 N–H and O–H groups in total. The van der Waals surface area contributed by atoms with Crippen LogP contribution in [0.3, 0.4) is 0 Å². The smallest absolute Gasteiger partial charge is 0.142 e. The van der Waals surface area contributed by atoms with Gasteiger partial charge in [0.25, 0.3) is 0 Å². The zero-order valence-corrected chi connectivity index (χ0v) is 12.7. The number of nitrogens with one attached hydrogen (secondary N) is 1. The number of para-hydroxylation sites is 1. The van der Waals surface area contributed by atoms with Gasteiger partial charge in [0.1, 0.15) is 11.5 Å². The molecule has 0 aliphatic carbocycles. The van der Waals surface area contributed by atoms with E-state index in [1.807, 2.05) is 24.3 Å². The second-order valence-corrected chi connectivity index (χ2v) is 5.48. The maximum absolute atomic E-state index is 6.19. The van der Waals surface area contributed by atoms with Crippen LogP contribution in [0.1, 0.15) is 23.6 Å². The Balaban J connectivity index is 1.70. The first-order valence-electron chi connectivity index (χ1n) is 7.05. The number of hydrogen-bond acceptors (Lipinski definition) is 3. The lowest BCUT2D eigenvalue weighted by Gasteiger charge is -2.27. The standard InChI is InChI=1S/C17H18ClNO2/c1-20-13-7-5-12(6-8-13)11-19-16-9-10-21-17-14(16)3-2-4-15(17)18/h2-8,16,19H,9-11H2,1H3. The van der Waals surface area contributed by atoms with Crippen LogP contribution in [0.5, 0.6) is 11.5 Å². The van der Waals surface area contributed by atoms with Gasteiger partial charge in [-0.2, -0.15) is 0 Å². The number of rotatable bonds is 4. The predicted octanol–water partition coefficient (Wildman–Crippen LogP) is 3.96. The molecule has 4 heteroatoms. The van der Waals surface area contributed by atoms with Gasteiger partial charge in [-0.1, -0.05) is 35.9 Å². The van der Waals surface area contributed by atoms with Crippen molar-refractivity contribution >= 4 is 11.6 Å². The van der Waals surface area contributed by atoms with Crippen molar-refractivity contribution in [1.82, 2.24) is 5.32 Å². The fourth-order valence-corrected chi connectivity index (χ4v) is 2.82. The molecule has 0 fully saturated rings. The van der Waals surface area contributed by atoms with Gasteiger partial charge in [0, 0.05) is 24.6 Å². The average molecular weight is 304 g/mol. The third-order valence-electron chi connectivity index (χ3n) is 3.74. The van der Waals surface area contributed by atoms with Gasteiger partial charge in [-0.15, -0.1) is 0 Å². The first kappa shape index (κ1) is 14.2. The van der Waals surface area contributed by atoms with E-state index < -0.39 is 0 Å². The van der Waals surface area contributed by atoms with E-state index in [1.165, 1.54) is 5.56 Å². The zero-order chi connectivity index (χ0) is 14.7. The Labute approximate surface area is 129 Å². The van der Waals surface area contributed by atoms with E-state index in [0.29, 0.717) is 11.6 Å². The van der Waals surface area contributed by atoms with E-state index in [0.717, 1.165) is 30.0 Å². The van der Waals surface area contributed by atoms with Crippen LogP contribution >= 0.6 is 11.6 Å². The Morgan fingerprint density at radius 2 is 2.05 bits per heavy atom. The summed E-state index contributed by atoms with van der Waals surface area (Å²) < 4.78 is 10.9. The summed E-state index contributed by atoms with van der Waals surface area (Å²) in [5.74, 6) is 1.69. The van der Waals surface area contributed by atoms with E-state index >= 15 is 0 Å². The molecule has 1 aliphatic rings. The largest absolute Gasteiger partial charge is 0.497 e. The Hall–Kier alpha value is -1.71. The molecule has 110 valence electrons. The molecule has 0 aromatic heterocycles.